The lowest BCUT2D eigenvalue weighted by molar-refractivity contribution is 0.0602. The van der Waals surface area contributed by atoms with E-state index in [1.807, 2.05) is 11.0 Å². The van der Waals surface area contributed by atoms with Crippen molar-refractivity contribution in [3.63, 3.8) is 0 Å². The summed E-state index contributed by atoms with van der Waals surface area (Å²) in [5.74, 6) is -0.214. The molecule has 0 aliphatic carbocycles. The Bertz CT molecular complexity index is 770. The Hall–Kier alpha value is -1.21. The Morgan fingerprint density at radius 2 is 1.96 bits per heavy atom. The molecule has 148 valence electrons. The number of nitrogens with zero attached hydrogens (tertiary/aromatic N) is 2. The van der Waals surface area contributed by atoms with Gasteiger partial charge in [-0.2, -0.15) is 0 Å². The van der Waals surface area contributed by atoms with E-state index in [9.17, 15) is 9.18 Å². The highest BCUT2D eigenvalue weighted by atomic mass is 35.5. The third-order valence-corrected chi connectivity index (χ3v) is 6.36. The van der Waals surface area contributed by atoms with Crippen LogP contribution in [-0.4, -0.2) is 42.0 Å². The first-order valence-electron chi connectivity index (χ1n) is 8.83. The van der Waals surface area contributed by atoms with E-state index in [1.54, 1.807) is 17.5 Å². The van der Waals surface area contributed by atoms with Gasteiger partial charge in [0.2, 0.25) is 0 Å². The number of carbonyl (C=O) groups is 1. The molecule has 0 atom stereocenters. The topological polar surface area (TPSA) is 45.2 Å². The number of carbonyl (C=O) groups excluding carboxylic acids is 1. The van der Waals surface area contributed by atoms with Crippen molar-refractivity contribution in [2.45, 2.75) is 25.7 Å². The number of hydrogen-bond acceptors (Lipinski definition) is 4. The zero-order chi connectivity index (χ0) is 17.3. The molecule has 2 aromatic rings. The Labute approximate surface area is 175 Å². The van der Waals surface area contributed by atoms with Crippen LogP contribution in [-0.2, 0) is 6.42 Å². The normalized spacial score (nSPS) is 18.0. The smallest absolute Gasteiger partial charge is 0.273 e. The lowest BCUT2D eigenvalue weighted by Crippen LogP contribution is -2.44. The van der Waals surface area contributed by atoms with Gasteiger partial charge in [-0.05, 0) is 42.9 Å². The van der Waals surface area contributed by atoms with Gasteiger partial charge in [0.05, 0.1) is 5.01 Å². The first kappa shape index (κ1) is 22.1. The minimum Gasteiger partial charge on any atom is -0.337 e. The number of piperidine rings is 1. The summed E-state index contributed by atoms with van der Waals surface area (Å²) in [4.78, 5) is 19.1. The summed E-state index contributed by atoms with van der Waals surface area (Å²) in [6, 6.07) is 6.71. The molecule has 0 bridgehead atoms. The number of halogens is 3. The summed E-state index contributed by atoms with van der Waals surface area (Å²) >= 11 is 1.43. The Balaban J connectivity index is 0.00000131. The highest BCUT2D eigenvalue weighted by Gasteiger charge is 2.38. The molecule has 8 heteroatoms. The molecule has 0 unspecified atom stereocenters. The van der Waals surface area contributed by atoms with E-state index >= 15 is 0 Å². The fourth-order valence-corrected chi connectivity index (χ4v) is 4.65. The molecule has 0 saturated carbocycles. The minimum atomic E-state index is -0.225. The van der Waals surface area contributed by atoms with Gasteiger partial charge in [-0.3, -0.25) is 4.79 Å². The first-order chi connectivity index (χ1) is 12.2. The van der Waals surface area contributed by atoms with Gasteiger partial charge in [0.25, 0.3) is 5.91 Å². The van der Waals surface area contributed by atoms with Crippen LogP contribution in [0.15, 0.2) is 29.6 Å². The molecule has 0 radical (unpaired) electrons. The molecule has 2 saturated heterocycles. The van der Waals surface area contributed by atoms with Crippen LogP contribution in [0.2, 0.25) is 0 Å². The number of benzene rings is 1. The van der Waals surface area contributed by atoms with Crippen LogP contribution >= 0.6 is 36.2 Å². The van der Waals surface area contributed by atoms with Gasteiger partial charge in [-0.15, -0.1) is 36.2 Å². The van der Waals surface area contributed by atoms with Crippen molar-refractivity contribution in [3.8, 4) is 0 Å². The highest BCUT2D eigenvalue weighted by molar-refractivity contribution is 7.09. The highest BCUT2D eigenvalue weighted by Crippen LogP contribution is 2.37. The largest absolute Gasteiger partial charge is 0.337 e. The molecule has 27 heavy (non-hydrogen) atoms. The van der Waals surface area contributed by atoms with E-state index in [1.165, 1.54) is 23.8 Å². The van der Waals surface area contributed by atoms with Gasteiger partial charge < -0.3 is 10.2 Å². The molecule has 2 fully saturated rings. The predicted molar refractivity (Wildman–Crippen MR) is 111 cm³/mol. The van der Waals surface area contributed by atoms with Crippen molar-refractivity contribution in [1.82, 2.24) is 15.2 Å². The van der Waals surface area contributed by atoms with E-state index < -0.39 is 0 Å². The summed E-state index contributed by atoms with van der Waals surface area (Å²) in [5, 5.41) is 6.03. The van der Waals surface area contributed by atoms with Crippen LogP contribution in [0, 0.1) is 11.2 Å². The molecule has 1 amide bonds. The zero-order valence-corrected chi connectivity index (χ0v) is 17.4. The second kappa shape index (κ2) is 9.32. The molecule has 2 aliphatic rings. The Morgan fingerprint density at radius 3 is 2.63 bits per heavy atom. The van der Waals surface area contributed by atoms with Gasteiger partial charge in [0.1, 0.15) is 11.5 Å². The van der Waals surface area contributed by atoms with Crippen LogP contribution in [0.1, 0.15) is 40.3 Å². The van der Waals surface area contributed by atoms with Crippen LogP contribution in [0.4, 0.5) is 4.39 Å². The summed E-state index contributed by atoms with van der Waals surface area (Å²) in [5.41, 5.74) is 1.51. The molecule has 1 aromatic carbocycles. The van der Waals surface area contributed by atoms with Gasteiger partial charge in [-0.25, -0.2) is 9.37 Å². The van der Waals surface area contributed by atoms with Crippen LogP contribution in [0.3, 0.4) is 0 Å². The Kier molecular flexibility index (Phi) is 7.63. The maximum atomic E-state index is 13.8. The SMILES string of the molecule is Cl.Cl.O=C(c1csc(Cc2ccccc2F)n1)N1CCC2(CCNC2)CC1. The molecule has 2 aliphatic heterocycles. The summed E-state index contributed by atoms with van der Waals surface area (Å²) < 4.78 is 13.8. The molecule has 1 aromatic heterocycles. The fourth-order valence-electron chi connectivity index (χ4n) is 3.86. The lowest BCUT2D eigenvalue weighted by Gasteiger charge is -2.38. The number of aromatic nitrogens is 1. The van der Waals surface area contributed by atoms with Crippen molar-refractivity contribution in [2.75, 3.05) is 26.2 Å². The second-order valence-corrected chi connectivity index (χ2v) is 8.06. The van der Waals surface area contributed by atoms with Gasteiger partial charge in [0, 0.05) is 31.4 Å². The summed E-state index contributed by atoms with van der Waals surface area (Å²) in [6.07, 6.45) is 3.79. The van der Waals surface area contributed by atoms with E-state index in [0.717, 1.165) is 44.0 Å². The summed E-state index contributed by atoms with van der Waals surface area (Å²) in [6.45, 7) is 3.79. The van der Waals surface area contributed by atoms with Crippen molar-refractivity contribution in [3.05, 3.63) is 51.7 Å². The van der Waals surface area contributed by atoms with Gasteiger partial charge in [-0.1, -0.05) is 18.2 Å². The van der Waals surface area contributed by atoms with Crippen LogP contribution in [0.25, 0.3) is 0 Å². The number of nitrogens with one attached hydrogen (secondary N) is 1. The fraction of sp³-hybridized carbons (Fsp3) is 0.474. The molecular weight excluding hydrogens is 408 g/mol. The van der Waals surface area contributed by atoms with E-state index in [0.29, 0.717) is 23.1 Å². The third-order valence-electron chi connectivity index (χ3n) is 5.51. The van der Waals surface area contributed by atoms with E-state index in [4.69, 9.17) is 0 Å². The van der Waals surface area contributed by atoms with Crippen LogP contribution in [0.5, 0.6) is 0 Å². The zero-order valence-electron chi connectivity index (χ0n) is 14.9. The number of rotatable bonds is 3. The van der Waals surface area contributed by atoms with E-state index in [2.05, 4.69) is 10.3 Å². The average molecular weight is 432 g/mol. The van der Waals surface area contributed by atoms with Gasteiger partial charge >= 0.3 is 0 Å². The number of hydrogen-bond donors (Lipinski definition) is 1. The number of amides is 1. The van der Waals surface area contributed by atoms with Crippen molar-refractivity contribution in [1.29, 1.82) is 0 Å². The minimum absolute atomic E-state index is 0. The standard InChI is InChI=1S/C19H22FN3OS.2ClH/c20-15-4-2-1-3-14(15)11-17-22-16(12-25-17)18(24)23-9-6-19(7-10-23)5-8-21-13-19;;/h1-4,12,21H,5-11,13H2;2*1H. The quantitative estimate of drug-likeness (QED) is 0.800. The van der Waals surface area contributed by atoms with E-state index in [-0.39, 0.29) is 36.5 Å². The molecule has 1 N–H and O–H groups in total. The second-order valence-electron chi connectivity index (χ2n) is 7.11. The average Bonchev–Trinajstić information content (AvgIpc) is 3.27. The van der Waals surface area contributed by atoms with Crippen molar-refractivity contribution in [2.24, 2.45) is 5.41 Å². The lowest BCUT2D eigenvalue weighted by atomic mass is 9.78. The van der Waals surface area contributed by atoms with Crippen LogP contribution < -0.4 is 5.32 Å². The molecule has 4 rings (SSSR count). The molecule has 3 heterocycles. The monoisotopic (exact) mass is 431 g/mol. The molecule has 4 nitrogen and oxygen atoms in total. The Morgan fingerprint density at radius 1 is 1.22 bits per heavy atom. The predicted octanol–water partition coefficient (Wildman–Crippen LogP) is 3.93. The van der Waals surface area contributed by atoms with Gasteiger partial charge in [0.15, 0.2) is 0 Å². The van der Waals surface area contributed by atoms with Crippen molar-refractivity contribution < 1.29 is 9.18 Å². The molecular formula is C19H24Cl2FN3OS. The number of likely N-dealkylation sites (tertiary alicyclic amines) is 1. The maximum absolute atomic E-state index is 13.8. The number of thiazole rings is 1. The third kappa shape index (κ3) is 4.80. The molecule has 1 spiro atoms. The summed E-state index contributed by atoms with van der Waals surface area (Å²) in [7, 11) is 0. The first-order valence-corrected chi connectivity index (χ1v) is 9.71. The maximum Gasteiger partial charge on any atom is 0.273 e. The van der Waals surface area contributed by atoms with Crippen molar-refractivity contribution >= 4 is 42.1 Å².